The van der Waals surface area contributed by atoms with Gasteiger partial charge in [0, 0.05) is 13.1 Å². The fourth-order valence-electron chi connectivity index (χ4n) is 3.59. The van der Waals surface area contributed by atoms with Gasteiger partial charge in [-0.3, -0.25) is 9.59 Å². The minimum absolute atomic E-state index is 0.0212. The minimum Gasteiger partial charge on any atom is -0.481 e. The zero-order valence-corrected chi connectivity index (χ0v) is 12.3. The summed E-state index contributed by atoms with van der Waals surface area (Å²) < 4.78 is 0. The van der Waals surface area contributed by atoms with E-state index >= 15 is 0 Å². The molecule has 1 saturated carbocycles. The highest BCUT2D eigenvalue weighted by Crippen LogP contribution is 2.39. The monoisotopic (exact) mass is 283 g/mol. The molecule has 1 amide bonds. The van der Waals surface area contributed by atoms with Crippen LogP contribution in [0.2, 0.25) is 0 Å². The summed E-state index contributed by atoms with van der Waals surface area (Å²) in [5.74, 6) is -1.36. The first kappa shape index (κ1) is 15.3. The Morgan fingerprint density at radius 1 is 1.25 bits per heavy atom. The maximum Gasteiger partial charge on any atom is 0.307 e. The third-order valence-corrected chi connectivity index (χ3v) is 5.04. The molecule has 1 heterocycles. The first-order valence-electron chi connectivity index (χ1n) is 7.63. The van der Waals surface area contributed by atoms with Gasteiger partial charge in [-0.2, -0.15) is 0 Å². The Balaban J connectivity index is 2.05. The summed E-state index contributed by atoms with van der Waals surface area (Å²) >= 11 is 0. The van der Waals surface area contributed by atoms with Gasteiger partial charge < -0.3 is 15.1 Å². The predicted octanol–water partition coefficient (Wildman–Crippen LogP) is 1.35. The standard InChI is InChI=1S/C15H25NO4/c1-3-10-6-11(12(7-10)15(19)20)14(18)16-5-4-13(17)9(2)8-16/h9-13,17H,3-8H2,1-2H3,(H,19,20)/t9?,10?,11-,12+,13?/m0/s1. The Hall–Kier alpha value is -1.10. The molecule has 5 nitrogen and oxygen atoms in total. The number of aliphatic carboxylic acids is 1. The van der Waals surface area contributed by atoms with Crippen molar-refractivity contribution in [3.8, 4) is 0 Å². The van der Waals surface area contributed by atoms with Crippen molar-refractivity contribution in [2.45, 2.75) is 45.6 Å². The summed E-state index contributed by atoms with van der Waals surface area (Å²) in [5.41, 5.74) is 0. The fraction of sp³-hybridized carbons (Fsp3) is 0.867. The van der Waals surface area contributed by atoms with Gasteiger partial charge in [0.15, 0.2) is 0 Å². The zero-order valence-electron chi connectivity index (χ0n) is 12.3. The molecule has 2 N–H and O–H groups in total. The van der Waals surface area contributed by atoms with Crippen LogP contribution in [0.1, 0.15) is 39.5 Å². The lowest BCUT2D eigenvalue weighted by Gasteiger charge is -2.36. The van der Waals surface area contributed by atoms with E-state index in [2.05, 4.69) is 6.92 Å². The van der Waals surface area contributed by atoms with Crippen LogP contribution in [0.5, 0.6) is 0 Å². The molecule has 1 aliphatic heterocycles. The van der Waals surface area contributed by atoms with Crippen molar-refractivity contribution in [2.24, 2.45) is 23.7 Å². The minimum atomic E-state index is -0.843. The molecule has 5 heteroatoms. The summed E-state index contributed by atoms with van der Waals surface area (Å²) in [7, 11) is 0. The number of carbonyl (C=O) groups is 2. The molecule has 2 rings (SSSR count). The Morgan fingerprint density at radius 3 is 2.45 bits per heavy atom. The lowest BCUT2D eigenvalue weighted by molar-refractivity contribution is -0.150. The van der Waals surface area contributed by atoms with Gasteiger partial charge >= 0.3 is 5.97 Å². The number of carbonyl (C=O) groups excluding carboxylic acids is 1. The number of hydrogen-bond acceptors (Lipinski definition) is 3. The van der Waals surface area contributed by atoms with Crippen molar-refractivity contribution in [3.63, 3.8) is 0 Å². The molecule has 2 aliphatic rings. The van der Waals surface area contributed by atoms with Crippen molar-refractivity contribution in [1.82, 2.24) is 4.90 Å². The number of aliphatic hydroxyl groups is 1. The van der Waals surface area contributed by atoms with Crippen LogP contribution in [0.25, 0.3) is 0 Å². The van der Waals surface area contributed by atoms with E-state index in [1.54, 1.807) is 4.90 Å². The number of carboxylic acid groups (broad SMARTS) is 1. The normalized spacial score (nSPS) is 38.0. The molecule has 3 unspecified atom stereocenters. The van der Waals surface area contributed by atoms with Crippen LogP contribution in [-0.4, -0.2) is 46.2 Å². The highest BCUT2D eigenvalue weighted by atomic mass is 16.4. The van der Waals surface area contributed by atoms with Crippen molar-refractivity contribution in [1.29, 1.82) is 0 Å². The Bertz CT molecular complexity index is 384. The van der Waals surface area contributed by atoms with E-state index in [0.717, 1.165) is 6.42 Å². The summed E-state index contributed by atoms with van der Waals surface area (Å²) in [6, 6.07) is 0. The molecular weight excluding hydrogens is 258 g/mol. The lowest BCUT2D eigenvalue weighted by Crippen LogP contribution is -2.48. The fourth-order valence-corrected chi connectivity index (χ4v) is 3.59. The topological polar surface area (TPSA) is 77.8 Å². The highest BCUT2D eigenvalue weighted by molar-refractivity contribution is 5.85. The smallest absolute Gasteiger partial charge is 0.307 e. The Morgan fingerprint density at radius 2 is 1.90 bits per heavy atom. The molecule has 114 valence electrons. The maximum absolute atomic E-state index is 12.6. The number of aliphatic hydroxyl groups excluding tert-OH is 1. The van der Waals surface area contributed by atoms with Crippen LogP contribution in [0.4, 0.5) is 0 Å². The molecule has 1 aliphatic carbocycles. The average molecular weight is 283 g/mol. The summed E-state index contributed by atoms with van der Waals surface area (Å²) in [5, 5.41) is 19.1. The van der Waals surface area contributed by atoms with Crippen molar-refractivity contribution in [3.05, 3.63) is 0 Å². The van der Waals surface area contributed by atoms with Crippen LogP contribution < -0.4 is 0 Å². The lowest BCUT2D eigenvalue weighted by atomic mass is 9.91. The molecule has 1 saturated heterocycles. The summed E-state index contributed by atoms with van der Waals surface area (Å²) in [4.78, 5) is 25.7. The van der Waals surface area contributed by atoms with E-state index in [4.69, 9.17) is 0 Å². The highest BCUT2D eigenvalue weighted by Gasteiger charge is 2.44. The Labute approximate surface area is 120 Å². The van der Waals surface area contributed by atoms with Gasteiger partial charge in [-0.05, 0) is 31.1 Å². The van der Waals surface area contributed by atoms with Crippen molar-refractivity contribution >= 4 is 11.9 Å². The van der Waals surface area contributed by atoms with Gasteiger partial charge in [-0.15, -0.1) is 0 Å². The van der Waals surface area contributed by atoms with Gasteiger partial charge in [-0.25, -0.2) is 0 Å². The van der Waals surface area contributed by atoms with E-state index in [0.29, 0.717) is 38.3 Å². The van der Waals surface area contributed by atoms with Crippen LogP contribution in [-0.2, 0) is 9.59 Å². The zero-order chi connectivity index (χ0) is 14.9. The second kappa shape index (κ2) is 6.12. The van der Waals surface area contributed by atoms with Gasteiger partial charge in [0.25, 0.3) is 0 Å². The van der Waals surface area contributed by atoms with E-state index in [1.807, 2.05) is 6.92 Å². The average Bonchev–Trinajstić information content (AvgIpc) is 2.85. The van der Waals surface area contributed by atoms with Crippen LogP contribution >= 0.6 is 0 Å². The molecule has 0 radical (unpaired) electrons. The number of amides is 1. The Kier molecular flexibility index (Phi) is 4.68. The van der Waals surface area contributed by atoms with E-state index in [-0.39, 0.29) is 23.8 Å². The molecule has 0 aromatic carbocycles. The molecule has 0 bridgehead atoms. The largest absolute Gasteiger partial charge is 0.481 e. The van der Waals surface area contributed by atoms with E-state index in [1.165, 1.54) is 0 Å². The molecule has 0 aromatic rings. The van der Waals surface area contributed by atoms with Gasteiger partial charge in [0.1, 0.15) is 0 Å². The third kappa shape index (κ3) is 2.97. The summed E-state index contributed by atoms with van der Waals surface area (Å²) in [6.07, 6.45) is 2.49. The van der Waals surface area contributed by atoms with Crippen LogP contribution in [0.15, 0.2) is 0 Å². The number of piperidine rings is 1. The second-order valence-electron chi connectivity index (χ2n) is 6.41. The molecule has 0 aromatic heterocycles. The van der Waals surface area contributed by atoms with Crippen LogP contribution in [0.3, 0.4) is 0 Å². The van der Waals surface area contributed by atoms with Gasteiger partial charge in [0.2, 0.25) is 5.91 Å². The maximum atomic E-state index is 12.6. The molecule has 5 atom stereocenters. The third-order valence-electron chi connectivity index (χ3n) is 5.04. The molecule has 2 fully saturated rings. The van der Waals surface area contributed by atoms with Crippen molar-refractivity contribution < 1.29 is 19.8 Å². The van der Waals surface area contributed by atoms with Gasteiger partial charge in [-0.1, -0.05) is 20.3 Å². The number of nitrogens with zero attached hydrogens (tertiary/aromatic N) is 1. The van der Waals surface area contributed by atoms with Crippen molar-refractivity contribution in [2.75, 3.05) is 13.1 Å². The summed E-state index contributed by atoms with van der Waals surface area (Å²) in [6.45, 7) is 5.07. The first-order chi connectivity index (χ1) is 9.43. The quantitative estimate of drug-likeness (QED) is 0.819. The molecule has 0 spiro atoms. The second-order valence-corrected chi connectivity index (χ2v) is 6.41. The number of carboxylic acids is 1. The number of rotatable bonds is 3. The molecule has 20 heavy (non-hydrogen) atoms. The number of likely N-dealkylation sites (tertiary alicyclic amines) is 1. The predicted molar refractivity (Wildman–Crippen MR) is 74.0 cm³/mol. The first-order valence-corrected chi connectivity index (χ1v) is 7.63. The molecular formula is C15H25NO4. The van der Waals surface area contributed by atoms with Crippen LogP contribution in [0, 0.1) is 23.7 Å². The van der Waals surface area contributed by atoms with E-state index < -0.39 is 11.9 Å². The SMILES string of the molecule is CCC1C[C@H](C(=O)N2CCC(O)C(C)C2)[C@H](C(=O)O)C1. The van der Waals surface area contributed by atoms with Gasteiger partial charge in [0.05, 0.1) is 17.9 Å². The number of hydrogen-bond donors (Lipinski definition) is 2. The van der Waals surface area contributed by atoms with E-state index in [9.17, 15) is 19.8 Å².